The molecule has 0 heterocycles. The van der Waals surface area contributed by atoms with E-state index in [-0.39, 0.29) is 6.54 Å². The zero-order valence-electron chi connectivity index (χ0n) is 6.66. The second kappa shape index (κ2) is 4.24. The predicted molar refractivity (Wildman–Crippen MR) is 38.6 cm³/mol. The average molecular weight is 146 g/mol. The summed E-state index contributed by atoms with van der Waals surface area (Å²) in [6, 6.07) is 0. The third kappa shape index (κ3) is 3.42. The second-order valence-corrected chi connectivity index (χ2v) is 2.22. The fourth-order valence-electron chi connectivity index (χ4n) is 0.692. The maximum Gasteiger partial charge on any atom is 0.319 e. The number of carboxylic acids is 1. The normalized spacial score (nSPS) is 10.9. The topological polar surface area (TPSA) is 43.8 Å². The molecule has 0 aromatic rings. The van der Waals surface area contributed by atoms with Gasteiger partial charge < -0.3 is 5.11 Å². The van der Waals surface area contributed by atoms with Crippen LogP contribution in [0.4, 0.5) is 0 Å². The zero-order chi connectivity index (χ0) is 8.15. The Balaban J connectivity index is 3.71. The number of rotatable bonds is 4. The summed E-state index contributed by atoms with van der Waals surface area (Å²) in [6.45, 7) is 2.71. The van der Waals surface area contributed by atoms with Crippen LogP contribution >= 0.6 is 0 Å². The molecule has 1 N–H and O–H groups in total. The molecule has 10 heavy (non-hydrogen) atoms. The number of hydrogen-bond acceptors (Lipinski definition) is 3. The van der Waals surface area contributed by atoms with Gasteiger partial charge >= 0.3 is 5.97 Å². The van der Waals surface area contributed by atoms with E-state index in [1.165, 1.54) is 0 Å². The SMILES string of the molecule is CCN(CC(=O)O)N(C)C. The first-order chi connectivity index (χ1) is 4.57. The van der Waals surface area contributed by atoms with E-state index in [0.29, 0.717) is 0 Å². The second-order valence-electron chi connectivity index (χ2n) is 2.22. The van der Waals surface area contributed by atoms with Crippen LogP contribution in [0, 0.1) is 0 Å². The molecule has 0 radical (unpaired) electrons. The lowest BCUT2D eigenvalue weighted by Crippen LogP contribution is -2.40. The Morgan fingerprint density at radius 3 is 2.10 bits per heavy atom. The van der Waals surface area contributed by atoms with Crippen molar-refractivity contribution in [3.63, 3.8) is 0 Å². The molecule has 0 unspecified atom stereocenters. The third-order valence-corrected chi connectivity index (χ3v) is 1.25. The van der Waals surface area contributed by atoms with Gasteiger partial charge in [0, 0.05) is 20.6 Å². The summed E-state index contributed by atoms with van der Waals surface area (Å²) in [7, 11) is 3.65. The maximum atomic E-state index is 10.2. The van der Waals surface area contributed by atoms with Crippen molar-refractivity contribution in [3.8, 4) is 0 Å². The van der Waals surface area contributed by atoms with Crippen LogP contribution in [0.2, 0.25) is 0 Å². The fourth-order valence-corrected chi connectivity index (χ4v) is 0.692. The lowest BCUT2D eigenvalue weighted by Gasteiger charge is -2.25. The van der Waals surface area contributed by atoms with Gasteiger partial charge in [-0.3, -0.25) is 4.79 Å². The Morgan fingerprint density at radius 1 is 1.50 bits per heavy atom. The number of hydrogen-bond donors (Lipinski definition) is 1. The largest absolute Gasteiger partial charge is 0.480 e. The van der Waals surface area contributed by atoms with Crippen molar-refractivity contribution in [2.75, 3.05) is 27.2 Å². The minimum Gasteiger partial charge on any atom is -0.480 e. The van der Waals surface area contributed by atoms with Crippen molar-refractivity contribution >= 4 is 5.97 Å². The van der Waals surface area contributed by atoms with Crippen LogP contribution in [0.25, 0.3) is 0 Å². The van der Waals surface area contributed by atoms with Gasteiger partial charge in [0.1, 0.15) is 6.54 Å². The maximum absolute atomic E-state index is 10.2. The molecule has 0 atom stereocenters. The third-order valence-electron chi connectivity index (χ3n) is 1.25. The first-order valence-corrected chi connectivity index (χ1v) is 3.22. The highest BCUT2D eigenvalue weighted by Crippen LogP contribution is 1.88. The van der Waals surface area contributed by atoms with E-state index in [0.717, 1.165) is 6.54 Å². The van der Waals surface area contributed by atoms with Crippen molar-refractivity contribution in [1.29, 1.82) is 0 Å². The van der Waals surface area contributed by atoms with Crippen LogP contribution in [0.5, 0.6) is 0 Å². The van der Waals surface area contributed by atoms with Gasteiger partial charge in [-0.05, 0) is 0 Å². The van der Waals surface area contributed by atoms with Crippen molar-refractivity contribution in [1.82, 2.24) is 10.0 Å². The number of nitrogens with zero attached hydrogens (tertiary/aromatic N) is 2. The highest BCUT2D eigenvalue weighted by atomic mass is 16.4. The van der Waals surface area contributed by atoms with Crippen LogP contribution in [-0.4, -0.2) is 48.3 Å². The standard InChI is InChI=1S/C6H14N2O2/c1-4-8(7(2)3)5-6(9)10/h4-5H2,1-3H3,(H,9,10). The Labute approximate surface area is 61.0 Å². The van der Waals surface area contributed by atoms with E-state index in [1.807, 2.05) is 21.0 Å². The predicted octanol–water partition coefficient (Wildman–Crippen LogP) is -0.130. The summed E-state index contributed by atoms with van der Waals surface area (Å²) in [5.74, 6) is -0.796. The summed E-state index contributed by atoms with van der Waals surface area (Å²) >= 11 is 0. The Kier molecular flexibility index (Phi) is 3.99. The molecule has 0 bridgehead atoms. The first-order valence-electron chi connectivity index (χ1n) is 3.22. The van der Waals surface area contributed by atoms with Gasteiger partial charge in [0.2, 0.25) is 0 Å². The number of carbonyl (C=O) groups is 1. The van der Waals surface area contributed by atoms with Crippen molar-refractivity contribution in [2.45, 2.75) is 6.92 Å². The molecule has 0 saturated heterocycles. The molecule has 0 aromatic heterocycles. The highest BCUT2D eigenvalue weighted by molar-refractivity contribution is 5.68. The number of hydrazine groups is 1. The molecule has 4 nitrogen and oxygen atoms in total. The average Bonchev–Trinajstić information content (AvgIpc) is 1.81. The Hall–Kier alpha value is -0.610. The molecule has 60 valence electrons. The quantitative estimate of drug-likeness (QED) is 0.561. The van der Waals surface area contributed by atoms with E-state index in [1.54, 1.807) is 10.0 Å². The molecule has 0 aromatic carbocycles. The summed E-state index contributed by atoms with van der Waals surface area (Å²) in [5.41, 5.74) is 0. The van der Waals surface area contributed by atoms with Crippen molar-refractivity contribution in [3.05, 3.63) is 0 Å². The smallest absolute Gasteiger partial charge is 0.319 e. The van der Waals surface area contributed by atoms with E-state index in [2.05, 4.69) is 0 Å². The van der Waals surface area contributed by atoms with Crippen molar-refractivity contribution in [2.24, 2.45) is 0 Å². The van der Waals surface area contributed by atoms with Gasteiger partial charge in [0.05, 0.1) is 0 Å². The monoisotopic (exact) mass is 146 g/mol. The van der Waals surface area contributed by atoms with E-state index in [9.17, 15) is 4.79 Å². The van der Waals surface area contributed by atoms with Crippen molar-refractivity contribution < 1.29 is 9.90 Å². The molecule has 4 heteroatoms. The Bertz CT molecular complexity index is 114. The summed E-state index contributed by atoms with van der Waals surface area (Å²) in [5, 5.41) is 11.9. The fraction of sp³-hybridized carbons (Fsp3) is 0.833. The molecule has 0 aliphatic carbocycles. The van der Waals surface area contributed by atoms with Crippen LogP contribution in [0.1, 0.15) is 6.92 Å². The zero-order valence-corrected chi connectivity index (χ0v) is 6.66. The minimum absolute atomic E-state index is 0.0729. The Morgan fingerprint density at radius 2 is 2.00 bits per heavy atom. The summed E-state index contributed by atoms with van der Waals surface area (Å²) in [4.78, 5) is 10.2. The van der Waals surface area contributed by atoms with Crippen LogP contribution in [-0.2, 0) is 4.79 Å². The van der Waals surface area contributed by atoms with Gasteiger partial charge in [-0.25, -0.2) is 10.0 Å². The number of aliphatic carboxylic acids is 1. The molecule has 0 fully saturated rings. The molecule has 0 amide bonds. The number of likely N-dealkylation sites (N-methyl/N-ethyl adjacent to an activating group) is 1. The van der Waals surface area contributed by atoms with Gasteiger partial charge in [-0.2, -0.15) is 0 Å². The lowest BCUT2D eigenvalue weighted by atomic mass is 10.6. The van der Waals surface area contributed by atoms with Crippen LogP contribution < -0.4 is 0 Å². The summed E-state index contributed by atoms with van der Waals surface area (Å²) in [6.07, 6.45) is 0. The number of carboxylic acid groups (broad SMARTS) is 1. The van der Waals surface area contributed by atoms with Gasteiger partial charge in [-0.1, -0.05) is 6.92 Å². The van der Waals surface area contributed by atoms with E-state index < -0.39 is 5.97 Å². The molecular formula is C6H14N2O2. The minimum atomic E-state index is -0.796. The van der Waals surface area contributed by atoms with Crippen LogP contribution in [0.3, 0.4) is 0 Å². The van der Waals surface area contributed by atoms with Gasteiger partial charge in [0.25, 0.3) is 0 Å². The molecule has 0 saturated carbocycles. The molecule has 0 aliphatic heterocycles. The van der Waals surface area contributed by atoms with Gasteiger partial charge in [0.15, 0.2) is 0 Å². The molecule has 0 spiro atoms. The first kappa shape index (κ1) is 9.39. The molecule has 0 rings (SSSR count). The van der Waals surface area contributed by atoms with E-state index >= 15 is 0 Å². The van der Waals surface area contributed by atoms with E-state index in [4.69, 9.17) is 5.11 Å². The van der Waals surface area contributed by atoms with Crippen LogP contribution in [0.15, 0.2) is 0 Å². The summed E-state index contributed by atoms with van der Waals surface area (Å²) < 4.78 is 0. The van der Waals surface area contributed by atoms with Gasteiger partial charge in [-0.15, -0.1) is 0 Å². The highest BCUT2D eigenvalue weighted by Gasteiger charge is 2.07. The molecular weight excluding hydrogens is 132 g/mol. The lowest BCUT2D eigenvalue weighted by molar-refractivity contribution is -0.142. The molecule has 0 aliphatic rings.